The highest BCUT2D eigenvalue weighted by molar-refractivity contribution is 8.03. The van der Waals surface area contributed by atoms with E-state index in [0.29, 0.717) is 13.0 Å². The molecule has 1 aliphatic rings. The fraction of sp³-hybridized carbons (Fsp3) is 0.471. The van der Waals surface area contributed by atoms with Crippen molar-refractivity contribution in [3.05, 3.63) is 71.4 Å². The molecule has 2 heterocycles. The highest BCUT2D eigenvalue weighted by Crippen LogP contribution is 2.45. The van der Waals surface area contributed by atoms with Gasteiger partial charge in [-0.3, -0.25) is 4.79 Å². The lowest BCUT2D eigenvalue weighted by atomic mass is 10.1. The number of hydroxylamine groups is 1. The average molecular weight is 592 g/mol. The molecule has 1 amide bonds. The molecule has 7 nitrogen and oxygen atoms in total. The summed E-state index contributed by atoms with van der Waals surface area (Å²) in [5.41, 5.74) is 5.97. The van der Waals surface area contributed by atoms with Crippen molar-refractivity contribution < 1.29 is 19.1 Å². The van der Waals surface area contributed by atoms with Gasteiger partial charge in [-0.15, -0.1) is 0 Å². The van der Waals surface area contributed by atoms with E-state index in [4.69, 9.17) is 5.21 Å². The van der Waals surface area contributed by atoms with Crippen LogP contribution >= 0.6 is 11.8 Å². The molecule has 3 N–H and O–H groups in total. The van der Waals surface area contributed by atoms with E-state index in [0.717, 1.165) is 75.6 Å². The third kappa shape index (κ3) is 9.30. The van der Waals surface area contributed by atoms with Gasteiger partial charge in [-0.05, 0) is 61.9 Å². The number of unbranched alkanes of at least 4 members (excludes halogenated alkanes) is 4. The molecule has 0 atom stereocenters. The van der Waals surface area contributed by atoms with Crippen molar-refractivity contribution in [2.45, 2.75) is 62.8 Å². The van der Waals surface area contributed by atoms with E-state index in [2.05, 4.69) is 108 Å². The number of carbonyl (C=O) groups is 1. The number of quaternary nitrogens is 1. The van der Waals surface area contributed by atoms with Crippen molar-refractivity contribution in [1.29, 1.82) is 0 Å². The Morgan fingerprint density at radius 3 is 2.50 bits per heavy atom. The second-order valence-corrected chi connectivity index (χ2v) is 13.0. The van der Waals surface area contributed by atoms with E-state index in [9.17, 15) is 4.79 Å². The first kappa shape index (κ1) is 32.0. The van der Waals surface area contributed by atoms with Crippen LogP contribution in [0.3, 0.4) is 0 Å². The normalized spacial score (nSPS) is 14.1. The van der Waals surface area contributed by atoms with Crippen LogP contribution in [0.4, 0.5) is 5.69 Å². The quantitative estimate of drug-likeness (QED) is 0.0783. The summed E-state index contributed by atoms with van der Waals surface area (Å²) < 4.78 is 3.40. The smallest absolute Gasteiger partial charge is 0.219 e. The molecule has 1 aromatic heterocycles. The van der Waals surface area contributed by atoms with Crippen LogP contribution < -0.4 is 20.3 Å². The van der Waals surface area contributed by atoms with Crippen molar-refractivity contribution in [3.63, 3.8) is 0 Å². The Hall–Kier alpha value is -2.91. The zero-order chi connectivity index (χ0) is 29.8. The van der Waals surface area contributed by atoms with Crippen LogP contribution in [-0.2, 0) is 11.3 Å². The van der Waals surface area contributed by atoms with Gasteiger partial charge in [0.25, 0.3) is 0 Å². The number of hydrogen-bond acceptors (Lipinski definition) is 5. The number of anilines is 1. The Bertz CT molecular complexity index is 1340. The highest BCUT2D eigenvalue weighted by atomic mass is 32.2. The topological polar surface area (TPSA) is 68.5 Å². The molecule has 0 spiro atoms. The molecule has 2 aromatic carbocycles. The van der Waals surface area contributed by atoms with E-state index in [-0.39, 0.29) is 5.91 Å². The molecule has 0 saturated heterocycles. The Balaban J connectivity index is 1.21. The zero-order valence-electron chi connectivity index (χ0n) is 25.6. The fourth-order valence-electron chi connectivity index (χ4n) is 5.61. The summed E-state index contributed by atoms with van der Waals surface area (Å²) in [6, 6.07) is 19.6. The summed E-state index contributed by atoms with van der Waals surface area (Å²) in [6.07, 6.45) is 12.4. The first-order valence-electron chi connectivity index (χ1n) is 15.5. The molecule has 8 heteroatoms. The number of amides is 1. The van der Waals surface area contributed by atoms with E-state index < -0.39 is 0 Å². The Kier molecular flexibility index (Phi) is 12.3. The first-order valence-corrected chi connectivity index (χ1v) is 16.3. The summed E-state index contributed by atoms with van der Waals surface area (Å²) in [5, 5.41) is 14.1. The van der Waals surface area contributed by atoms with Crippen LogP contribution in [0.15, 0.2) is 70.7 Å². The summed E-state index contributed by atoms with van der Waals surface area (Å²) in [5.74, 6) is 0.162. The molecule has 226 valence electrons. The van der Waals surface area contributed by atoms with Crippen LogP contribution in [0.2, 0.25) is 0 Å². The van der Waals surface area contributed by atoms with Gasteiger partial charge >= 0.3 is 0 Å². The minimum Gasteiger partial charge on any atom is -0.356 e. The van der Waals surface area contributed by atoms with Crippen molar-refractivity contribution in [2.75, 3.05) is 52.2 Å². The molecule has 0 bridgehead atoms. The van der Waals surface area contributed by atoms with Gasteiger partial charge in [0.1, 0.15) is 0 Å². The maximum absolute atomic E-state index is 12.1. The number of nitrogens with one attached hydrogen (secondary N) is 2. The van der Waals surface area contributed by atoms with E-state index in [1.165, 1.54) is 32.1 Å². The molecule has 4 rings (SSSR count). The maximum atomic E-state index is 12.1. The summed E-state index contributed by atoms with van der Waals surface area (Å²) in [4.78, 5) is 15.6. The number of carbonyl (C=O) groups excluding carboxylic acids is 1. The van der Waals surface area contributed by atoms with Crippen molar-refractivity contribution >= 4 is 40.3 Å². The van der Waals surface area contributed by atoms with Crippen molar-refractivity contribution in [3.8, 4) is 0 Å². The molecule has 0 unspecified atom stereocenters. The maximum Gasteiger partial charge on any atom is 0.219 e. The fourth-order valence-corrected chi connectivity index (χ4v) is 6.72. The minimum absolute atomic E-state index is 0.162. The van der Waals surface area contributed by atoms with Crippen LogP contribution in [0.5, 0.6) is 0 Å². The first-order chi connectivity index (χ1) is 20.4. The molecule has 0 radical (unpaired) electrons. The number of nitrogens with zero attached hydrogens (tertiary/aromatic N) is 3. The van der Waals surface area contributed by atoms with Gasteiger partial charge in [-0.1, -0.05) is 42.4 Å². The number of para-hydroxylation sites is 2. The Morgan fingerprint density at radius 2 is 1.67 bits per heavy atom. The monoisotopic (exact) mass is 591 g/mol. The van der Waals surface area contributed by atoms with Gasteiger partial charge in [0.2, 0.25) is 11.4 Å². The van der Waals surface area contributed by atoms with E-state index in [1.54, 1.807) is 0 Å². The second-order valence-electron chi connectivity index (χ2n) is 12.0. The number of pyridine rings is 1. The summed E-state index contributed by atoms with van der Waals surface area (Å²) in [7, 11) is 6.80. The third-order valence-electron chi connectivity index (χ3n) is 8.13. The van der Waals surface area contributed by atoms with Gasteiger partial charge < -0.3 is 19.9 Å². The number of hydrogen-bond donors (Lipinski definition) is 3. The van der Waals surface area contributed by atoms with Crippen LogP contribution in [0.25, 0.3) is 17.0 Å². The van der Waals surface area contributed by atoms with Crippen molar-refractivity contribution in [1.82, 2.24) is 10.8 Å². The van der Waals surface area contributed by atoms with Crippen LogP contribution in [0.1, 0.15) is 56.9 Å². The highest BCUT2D eigenvalue weighted by Gasteiger charge is 2.22. The number of thioether (sulfide) groups is 1. The number of fused-ring (bicyclic) bond motifs is 2. The average Bonchev–Trinajstić information content (AvgIpc) is 3.30. The zero-order valence-corrected chi connectivity index (χ0v) is 26.5. The largest absolute Gasteiger partial charge is 0.356 e. The lowest BCUT2D eigenvalue weighted by molar-refractivity contribution is -0.892. The lowest BCUT2D eigenvalue weighted by Crippen LogP contribution is -2.44. The Labute approximate surface area is 256 Å². The van der Waals surface area contributed by atoms with Gasteiger partial charge in [-0.25, -0.2) is 5.48 Å². The predicted molar refractivity (Wildman–Crippen MR) is 174 cm³/mol. The number of rotatable bonds is 17. The lowest BCUT2D eigenvalue weighted by Gasteiger charge is -2.29. The van der Waals surface area contributed by atoms with Gasteiger partial charge in [0, 0.05) is 43.6 Å². The summed E-state index contributed by atoms with van der Waals surface area (Å²) >= 11 is 1.84. The van der Waals surface area contributed by atoms with Gasteiger partial charge in [0.15, 0.2) is 12.7 Å². The number of aromatic nitrogens is 1. The second kappa shape index (κ2) is 16.1. The Morgan fingerprint density at radius 1 is 0.929 bits per heavy atom. The molecule has 1 aliphatic heterocycles. The summed E-state index contributed by atoms with van der Waals surface area (Å²) in [6.45, 7) is 4.59. The molecule has 42 heavy (non-hydrogen) atoms. The van der Waals surface area contributed by atoms with Crippen LogP contribution in [0, 0.1) is 0 Å². The van der Waals surface area contributed by atoms with E-state index >= 15 is 0 Å². The van der Waals surface area contributed by atoms with Crippen molar-refractivity contribution in [2.24, 2.45) is 0 Å². The van der Waals surface area contributed by atoms with Gasteiger partial charge in [-0.2, -0.15) is 4.57 Å². The van der Waals surface area contributed by atoms with E-state index in [1.807, 2.05) is 11.8 Å². The molecule has 3 aromatic rings. The molecule has 0 fully saturated rings. The molecule has 0 saturated carbocycles. The predicted octanol–water partition coefficient (Wildman–Crippen LogP) is 5.96. The van der Waals surface area contributed by atoms with Gasteiger partial charge in [0.05, 0.1) is 49.7 Å². The number of aryl methyl sites for hydroxylation is 1. The third-order valence-corrected chi connectivity index (χ3v) is 9.29. The standard InChI is InChI=1S/C34H48N5O2S/c1-37-31-17-9-10-18-32(31)42-34(37)27-28-20-24-38(30-16-8-7-15-29(28)30)23-14-26-39(2,3)25-13-4-6-19-33(40)35-21-11-5-12-22-36-41/h7-10,15-18,20,24,27,36,41H,4-6,11-14,19,21-23,25-26H2,1-3H3/q+1/p+1. The minimum atomic E-state index is 0.162. The molecule has 0 aliphatic carbocycles. The SMILES string of the molecule is CN1/C(=C/c2cc[n+](CCC[N+](C)(C)CCCCCC(=O)NCCCCCNO)c3ccccc23)Sc2ccccc21. The number of benzene rings is 2. The molecular weight excluding hydrogens is 542 g/mol. The molecular formula is C34H49N5O2S+2. The van der Waals surface area contributed by atoms with Crippen LogP contribution in [-0.4, -0.2) is 62.9 Å².